The van der Waals surface area contributed by atoms with Gasteiger partial charge in [-0.15, -0.1) is 0 Å². The van der Waals surface area contributed by atoms with E-state index in [2.05, 4.69) is 10.5 Å². The molecule has 102 valence electrons. The van der Waals surface area contributed by atoms with Crippen LogP contribution in [0.2, 0.25) is 0 Å². The predicted octanol–water partition coefficient (Wildman–Crippen LogP) is 2.29. The first kappa shape index (κ1) is 13.4. The second kappa shape index (κ2) is 6.24. The average Bonchev–Trinajstić information content (AvgIpc) is 2.84. The summed E-state index contributed by atoms with van der Waals surface area (Å²) in [6.07, 6.45) is 0. The number of hydrogen-bond donors (Lipinski definition) is 1. The van der Waals surface area contributed by atoms with Gasteiger partial charge in [0.05, 0.1) is 26.5 Å². The van der Waals surface area contributed by atoms with Crippen LogP contribution in [-0.4, -0.2) is 19.4 Å². The number of nitrogens with zero attached hydrogens (tertiary/aromatic N) is 1. The highest BCUT2D eigenvalue weighted by Crippen LogP contribution is 2.24. The van der Waals surface area contributed by atoms with Crippen LogP contribution in [-0.2, 0) is 13.1 Å². The van der Waals surface area contributed by atoms with Crippen molar-refractivity contribution in [1.82, 2.24) is 10.5 Å². The van der Waals surface area contributed by atoms with E-state index in [-0.39, 0.29) is 0 Å². The zero-order valence-electron chi connectivity index (χ0n) is 11.4. The van der Waals surface area contributed by atoms with E-state index in [0.717, 1.165) is 28.5 Å². The summed E-state index contributed by atoms with van der Waals surface area (Å²) in [5.41, 5.74) is 1.96. The molecule has 2 aromatic rings. The summed E-state index contributed by atoms with van der Waals surface area (Å²) in [6, 6.07) is 7.68. The first-order valence-corrected chi connectivity index (χ1v) is 6.06. The maximum atomic E-state index is 5.34. The fourth-order valence-electron chi connectivity index (χ4n) is 1.82. The van der Waals surface area contributed by atoms with Crippen molar-refractivity contribution in [3.63, 3.8) is 0 Å². The van der Waals surface area contributed by atoms with Crippen molar-refractivity contribution in [2.75, 3.05) is 14.2 Å². The van der Waals surface area contributed by atoms with Gasteiger partial charge in [-0.05, 0) is 13.0 Å². The Bertz CT molecular complexity index is 537. The van der Waals surface area contributed by atoms with E-state index in [9.17, 15) is 0 Å². The van der Waals surface area contributed by atoms with Gasteiger partial charge in [0.2, 0.25) is 0 Å². The summed E-state index contributed by atoms with van der Waals surface area (Å²) in [5.74, 6) is 2.41. The highest BCUT2D eigenvalue weighted by Gasteiger charge is 2.05. The Balaban J connectivity index is 1.95. The SMILES string of the molecule is COc1ccc(CNCc2cc(C)no2)c(OC)c1. The number of rotatable bonds is 6. The van der Waals surface area contributed by atoms with Crippen molar-refractivity contribution in [2.45, 2.75) is 20.0 Å². The first-order chi connectivity index (χ1) is 9.22. The van der Waals surface area contributed by atoms with Gasteiger partial charge < -0.3 is 19.3 Å². The molecule has 5 nitrogen and oxygen atoms in total. The molecule has 2 rings (SSSR count). The third-order valence-electron chi connectivity index (χ3n) is 2.79. The Morgan fingerprint density at radius 3 is 2.63 bits per heavy atom. The molecule has 0 saturated carbocycles. The van der Waals surface area contributed by atoms with Gasteiger partial charge in [-0.3, -0.25) is 0 Å². The third kappa shape index (κ3) is 3.48. The number of aromatic nitrogens is 1. The maximum absolute atomic E-state index is 5.34. The normalized spacial score (nSPS) is 10.5. The molecule has 1 aromatic carbocycles. The smallest absolute Gasteiger partial charge is 0.150 e. The number of methoxy groups -OCH3 is 2. The first-order valence-electron chi connectivity index (χ1n) is 6.06. The Kier molecular flexibility index (Phi) is 4.41. The molecule has 0 radical (unpaired) electrons. The van der Waals surface area contributed by atoms with Gasteiger partial charge >= 0.3 is 0 Å². The summed E-state index contributed by atoms with van der Waals surface area (Å²) in [5, 5.41) is 7.13. The maximum Gasteiger partial charge on any atom is 0.150 e. The van der Waals surface area contributed by atoms with Crippen molar-refractivity contribution in [3.8, 4) is 11.5 Å². The Hall–Kier alpha value is -2.01. The second-order valence-electron chi connectivity index (χ2n) is 4.22. The molecule has 0 atom stereocenters. The fourth-order valence-corrected chi connectivity index (χ4v) is 1.82. The molecule has 0 spiro atoms. The summed E-state index contributed by atoms with van der Waals surface area (Å²) in [7, 11) is 3.29. The van der Waals surface area contributed by atoms with Gasteiger partial charge in [-0.1, -0.05) is 11.2 Å². The molecule has 1 N–H and O–H groups in total. The van der Waals surface area contributed by atoms with E-state index >= 15 is 0 Å². The minimum Gasteiger partial charge on any atom is -0.497 e. The van der Waals surface area contributed by atoms with Crippen LogP contribution in [0.3, 0.4) is 0 Å². The van der Waals surface area contributed by atoms with Crippen LogP contribution >= 0.6 is 0 Å². The van der Waals surface area contributed by atoms with Gasteiger partial charge in [0, 0.05) is 24.2 Å². The quantitative estimate of drug-likeness (QED) is 0.865. The molecule has 0 aliphatic carbocycles. The number of benzene rings is 1. The van der Waals surface area contributed by atoms with Crippen molar-refractivity contribution in [2.24, 2.45) is 0 Å². The van der Waals surface area contributed by atoms with Crippen LogP contribution in [0.4, 0.5) is 0 Å². The molecule has 0 aliphatic rings. The lowest BCUT2D eigenvalue weighted by atomic mass is 10.2. The number of aryl methyl sites for hydroxylation is 1. The molecule has 19 heavy (non-hydrogen) atoms. The molecule has 0 bridgehead atoms. The van der Waals surface area contributed by atoms with E-state index in [4.69, 9.17) is 14.0 Å². The lowest BCUT2D eigenvalue weighted by Gasteiger charge is -2.10. The molecule has 5 heteroatoms. The second-order valence-corrected chi connectivity index (χ2v) is 4.22. The van der Waals surface area contributed by atoms with Crippen molar-refractivity contribution < 1.29 is 14.0 Å². The van der Waals surface area contributed by atoms with Crippen molar-refractivity contribution >= 4 is 0 Å². The lowest BCUT2D eigenvalue weighted by Crippen LogP contribution is -2.13. The van der Waals surface area contributed by atoms with Gasteiger partial charge in [-0.2, -0.15) is 0 Å². The Morgan fingerprint density at radius 1 is 1.16 bits per heavy atom. The summed E-state index contributed by atoms with van der Waals surface area (Å²) >= 11 is 0. The van der Waals surface area contributed by atoms with E-state index in [1.807, 2.05) is 31.2 Å². The zero-order valence-corrected chi connectivity index (χ0v) is 11.4. The van der Waals surface area contributed by atoms with Crippen molar-refractivity contribution in [1.29, 1.82) is 0 Å². The molecule has 0 unspecified atom stereocenters. The molecule has 0 aliphatic heterocycles. The predicted molar refractivity (Wildman–Crippen MR) is 71.3 cm³/mol. The third-order valence-corrected chi connectivity index (χ3v) is 2.79. The van der Waals surface area contributed by atoms with Crippen LogP contribution in [0.1, 0.15) is 17.0 Å². The summed E-state index contributed by atoms with van der Waals surface area (Å²) < 4.78 is 15.6. The van der Waals surface area contributed by atoms with Crippen LogP contribution in [0.25, 0.3) is 0 Å². The van der Waals surface area contributed by atoms with Gasteiger partial charge in [0.1, 0.15) is 11.5 Å². The average molecular weight is 262 g/mol. The topological polar surface area (TPSA) is 56.5 Å². The van der Waals surface area contributed by atoms with E-state index < -0.39 is 0 Å². The molecule has 0 amide bonds. The number of hydrogen-bond acceptors (Lipinski definition) is 5. The van der Waals surface area contributed by atoms with E-state index in [1.165, 1.54) is 0 Å². The Labute approximate surface area is 112 Å². The monoisotopic (exact) mass is 262 g/mol. The van der Waals surface area contributed by atoms with Crippen LogP contribution in [0.5, 0.6) is 11.5 Å². The summed E-state index contributed by atoms with van der Waals surface area (Å²) in [4.78, 5) is 0. The number of nitrogens with one attached hydrogen (secondary N) is 1. The standard InChI is InChI=1S/C14H18N2O3/c1-10-6-13(19-16-10)9-15-8-11-4-5-12(17-2)7-14(11)18-3/h4-7,15H,8-9H2,1-3H3. The van der Waals surface area contributed by atoms with Crippen LogP contribution in [0.15, 0.2) is 28.8 Å². The zero-order chi connectivity index (χ0) is 13.7. The molecular weight excluding hydrogens is 244 g/mol. The van der Waals surface area contributed by atoms with Crippen LogP contribution < -0.4 is 14.8 Å². The van der Waals surface area contributed by atoms with Crippen molar-refractivity contribution in [3.05, 3.63) is 41.3 Å². The fraction of sp³-hybridized carbons (Fsp3) is 0.357. The lowest BCUT2D eigenvalue weighted by molar-refractivity contribution is 0.367. The minimum absolute atomic E-state index is 0.635. The van der Waals surface area contributed by atoms with Gasteiger partial charge in [-0.25, -0.2) is 0 Å². The summed E-state index contributed by atoms with van der Waals surface area (Å²) in [6.45, 7) is 3.22. The van der Waals surface area contributed by atoms with E-state index in [0.29, 0.717) is 13.1 Å². The van der Waals surface area contributed by atoms with E-state index in [1.54, 1.807) is 14.2 Å². The number of ether oxygens (including phenoxy) is 2. The highest BCUT2D eigenvalue weighted by atomic mass is 16.5. The molecular formula is C14H18N2O3. The highest BCUT2D eigenvalue weighted by molar-refractivity contribution is 5.40. The molecule has 1 heterocycles. The van der Waals surface area contributed by atoms with Crippen LogP contribution in [0, 0.1) is 6.92 Å². The Morgan fingerprint density at radius 2 is 2.00 bits per heavy atom. The molecule has 0 saturated heterocycles. The van der Waals surface area contributed by atoms with Gasteiger partial charge in [0.25, 0.3) is 0 Å². The molecule has 1 aromatic heterocycles. The largest absolute Gasteiger partial charge is 0.497 e. The van der Waals surface area contributed by atoms with Gasteiger partial charge in [0.15, 0.2) is 5.76 Å². The molecule has 0 fully saturated rings. The minimum atomic E-state index is 0.635.